The van der Waals surface area contributed by atoms with Crippen LogP contribution >= 0.6 is 0 Å². The summed E-state index contributed by atoms with van der Waals surface area (Å²) in [5, 5.41) is 14.2. The lowest BCUT2D eigenvalue weighted by Crippen LogP contribution is -2.29. The van der Waals surface area contributed by atoms with Gasteiger partial charge < -0.3 is 15.7 Å². The number of hydrogen-bond acceptors (Lipinski definition) is 4. The highest BCUT2D eigenvalue weighted by molar-refractivity contribution is 5.95. The van der Waals surface area contributed by atoms with Crippen molar-refractivity contribution in [3.8, 4) is 0 Å². The van der Waals surface area contributed by atoms with Crippen LogP contribution in [0.1, 0.15) is 28.5 Å². The van der Waals surface area contributed by atoms with E-state index in [0.717, 1.165) is 0 Å². The minimum absolute atomic E-state index is 0.0936. The van der Waals surface area contributed by atoms with Crippen molar-refractivity contribution in [3.63, 3.8) is 0 Å². The largest absolute Gasteiger partial charge is 0.481 e. The SMILES string of the molecule is O=C(O)CCNC(=O)c1cccnc1C1C=CC=CN1. The second-order valence-corrected chi connectivity index (χ2v) is 4.22. The monoisotopic (exact) mass is 273 g/mol. The predicted octanol–water partition coefficient (Wildman–Crippen LogP) is 1.00. The number of carboxylic acids is 1. The van der Waals surface area contributed by atoms with Gasteiger partial charge in [-0.25, -0.2) is 0 Å². The first-order valence-corrected chi connectivity index (χ1v) is 6.23. The average molecular weight is 273 g/mol. The Kier molecular flexibility index (Phi) is 4.49. The highest BCUT2D eigenvalue weighted by atomic mass is 16.4. The number of aromatic nitrogens is 1. The molecule has 2 rings (SSSR count). The lowest BCUT2D eigenvalue weighted by atomic mass is 10.0. The fourth-order valence-corrected chi connectivity index (χ4v) is 1.85. The molecule has 0 radical (unpaired) electrons. The van der Waals surface area contributed by atoms with Gasteiger partial charge in [0, 0.05) is 12.7 Å². The Labute approximate surface area is 116 Å². The van der Waals surface area contributed by atoms with Gasteiger partial charge in [0.25, 0.3) is 5.91 Å². The predicted molar refractivity (Wildman–Crippen MR) is 73.0 cm³/mol. The van der Waals surface area contributed by atoms with Crippen LogP contribution in [0.4, 0.5) is 0 Å². The third-order valence-corrected chi connectivity index (χ3v) is 2.79. The van der Waals surface area contributed by atoms with Crippen LogP contribution < -0.4 is 10.6 Å². The minimum Gasteiger partial charge on any atom is -0.481 e. The van der Waals surface area contributed by atoms with Crippen molar-refractivity contribution >= 4 is 11.9 Å². The van der Waals surface area contributed by atoms with Gasteiger partial charge in [-0.3, -0.25) is 14.6 Å². The van der Waals surface area contributed by atoms with Crippen LogP contribution in [0.3, 0.4) is 0 Å². The van der Waals surface area contributed by atoms with Crippen molar-refractivity contribution in [2.45, 2.75) is 12.5 Å². The summed E-state index contributed by atoms with van der Waals surface area (Å²) in [5.74, 6) is -1.27. The second-order valence-electron chi connectivity index (χ2n) is 4.22. The molecule has 1 unspecified atom stereocenters. The number of pyridine rings is 1. The van der Waals surface area contributed by atoms with Gasteiger partial charge in [-0.1, -0.05) is 12.2 Å². The van der Waals surface area contributed by atoms with Crippen molar-refractivity contribution in [3.05, 3.63) is 54.0 Å². The summed E-state index contributed by atoms with van der Waals surface area (Å²) in [4.78, 5) is 26.8. The number of amides is 1. The highest BCUT2D eigenvalue weighted by Gasteiger charge is 2.18. The van der Waals surface area contributed by atoms with E-state index in [2.05, 4.69) is 15.6 Å². The number of rotatable bonds is 5. The average Bonchev–Trinajstić information content (AvgIpc) is 2.47. The molecule has 1 aliphatic rings. The summed E-state index contributed by atoms with van der Waals surface area (Å²) < 4.78 is 0. The number of hydrogen-bond donors (Lipinski definition) is 3. The Hall–Kier alpha value is -2.63. The van der Waals surface area contributed by atoms with Crippen molar-refractivity contribution in [2.24, 2.45) is 0 Å². The zero-order valence-corrected chi connectivity index (χ0v) is 10.7. The lowest BCUT2D eigenvalue weighted by molar-refractivity contribution is -0.136. The number of carbonyl (C=O) groups is 2. The van der Waals surface area contributed by atoms with Crippen LogP contribution in [0.15, 0.2) is 42.8 Å². The van der Waals surface area contributed by atoms with E-state index >= 15 is 0 Å². The molecular formula is C14H15N3O3. The Balaban J connectivity index is 2.11. The number of allylic oxidation sites excluding steroid dienone is 2. The molecule has 0 aliphatic carbocycles. The first-order valence-electron chi connectivity index (χ1n) is 6.23. The number of dihydropyridines is 1. The number of nitrogens with one attached hydrogen (secondary N) is 2. The molecule has 104 valence electrons. The molecule has 0 bridgehead atoms. The Bertz CT molecular complexity index is 567. The molecule has 1 aliphatic heterocycles. The Morgan fingerprint density at radius 1 is 1.40 bits per heavy atom. The zero-order valence-electron chi connectivity index (χ0n) is 10.7. The van der Waals surface area contributed by atoms with Gasteiger partial charge in [-0.2, -0.15) is 0 Å². The molecule has 1 aromatic heterocycles. The standard InChI is InChI=1S/C14H15N3O3/c18-12(19)6-9-17-14(20)10-4-3-8-16-13(10)11-5-1-2-7-15-11/h1-5,7-8,11,15H,6,9H2,(H,17,20)(H,18,19). The number of carboxylic acid groups (broad SMARTS) is 1. The third kappa shape index (κ3) is 3.44. The number of aliphatic carboxylic acids is 1. The quantitative estimate of drug-likeness (QED) is 0.744. The van der Waals surface area contributed by atoms with E-state index in [4.69, 9.17) is 5.11 Å². The molecule has 6 nitrogen and oxygen atoms in total. The van der Waals surface area contributed by atoms with E-state index in [1.165, 1.54) is 0 Å². The molecule has 0 saturated heterocycles. The van der Waals surface area contributed by atoms with E-state index in [-0.39, 0.29) is 24.9 Å². The molecule has 0 spiro atoms. The first kappa shape index (κ1) is 13.8. The van der Waals surface area contributed by atoms with E-state index in [1.807, 2.05) is 18.2 Å². The molecular weight excluding hydrogens is 258 g/mol. The summed E-state index contributed by atoms with van der Waals surface area (Å²) in [6.07, 6.45) is 8.93. The second kappa shape index (κ2) is 6.51. The molecule has 0 fully saturated rings. The highest BCUT2D eigenvalue weighted by Crippen LogP contribution is 2.18. The van der Waals surface area contributed by atoms with Gasteiger partial charge in [-0.05, 0) is 24.4 Å². The molecule has 1 atom stereocenters. The molecule has 1 amide bonds. The Morgan fingerprint density at radius 2 is 2.25 bits per heavy atom. The van der Waals surface area contributed by atoms with Gasteiger partial charge in [0.2, 0.25) is 0 Å². The normalized spacial score (nSPS) is 16.5. The Morgan fingerprint density at radius 3 is 2.95 bits per heavy atom. The van der Waals surface area contributed by atoms with Crippen LogP contribution in [-0.2, 0) is 4.79 Å². The zero-order chi connectivity index (χ0) is 14.4. The molecule has 3 N–H and O–H groups in total. The fourth-order valence-electron chi connectivity index (χ4n) is 1.85. The molecule has 1 aromatic rings. The van der Waals surface area contributed by atoms with Crippen molar-refractivity contribution in [1.82, 2.24) is 15.6 Å². The van der Waals surface area contributed by atoms with Crippen LogP contribution in [0.2, 0.25) is 0 Å². The van der Waals surface area contributed by atoms with Gasteiger partial charge >= 0.3 is 5.97 Å². The molecule has 2 heterocycles. The molecule has 0 saturated carbocycles. The van der Waals surface area contributed by atoms with Crippen molar-refractivity contribution < 1.29 is 14.7 Å². The smallest absolute Gasteiger partial charge is 0.305 e. The van der Waals surface area contributed by atoms with Crippen molar-refractivity contribution in [1.29, 1.82) is 0 Å². The molecule has 6 heteroatoms. The topological polar surface area (TPSA) is 91.3 Å². The minimum atomic E-state index is -0.946. The lowest BCUT2D eigenvalue weighted by Gasteiger charge is -2.18. The van der Waals surface area contributed by atoms with Crippen LogP contribution in [-0.4, -0.2) is 28.5 Å². The summed E-state index contributed by atoms with van der Waals surface area (Å²) in [7, 11) is 0. The van der Waals surface area contributed by atoms with Crippen LogP contribution in [0.5, 0.6) is 0 Å². The first-order chi connectivity index (χ1) is 9.68. The summed E-state index contributed by atoms with van der Waals surface area (Å²) in [6.45, 7) is 0.0936. The summed E-state index contributed by atoms with van der Waals surface area (Å²) in [5.41, 5.74) is 1.05. The molecule has 20 heavy (non-hydrogen) atoms. The van der Waals surface area contributed by atoms with E-state index in [0.29, 0.717) is 11.3 Å². The third-order valence-electron chi connectivity index (χ3n) is 2.79. The maximum absolute atomic E-state index is 12.1. The van der Waals surface area contributed by atoms with Gasteiger partial charge in [-0.15, -0.1) is 0 Å². The maximum atomic E-state index is 12.1. The number of carbonyl (C=O) groups excluding carboxylic acids is 1. The van der Waals surface area contributed by atoms with Crippen molar-refractivity contribution in [2.75, 3.05) is 6.54 Å². The van der Waals surface area contributed by atoms with Gasteiger partial charge in [0.1, 0.15) is 0 Å². The van der Waals surface area contributed by atoms with Crippen LogP contribution in [0.25, 0.3) is 0 Å². The summed E-state index contributed by atoms with van der Waals surface area (Å²) in [6, 6.07) is 3.19. The number of nitrogens with zero attached hydrogens (tertiary/aromatic N) is 1. The van der Waals surface area contributed by atoms with E-state index in [9.17, 15) is 9.59 Å². The van der Waals surface area contributed by atoms with Gasteiger partial charge in [0.15, 0.2) is 0 Å². The van der Waals surface area contributed by atoms with E-state index < -0.39 is 5.97 Å². The summed E-state index contributed by atoms with van der Waals surface area (Å²) >= 11 is 0. The maximum Gasteiger partial charge on any atom is 0.305 e. The molecule has 0 aromatic carbocycles. The van der Waals surface area contributed by atoms with Crippen LogP contribution in [0, 0.1) is 0 Å². The van der Waals surface area contributed by atoms with E-state index in [1.54, 1.807) is 24.5 Å². The fraction of sp³-hybridized carbons (Fsp3) is 0.214. The van der Waals surface area contributed by atoms with Gasteiger partial charge in [0.05, 0.1) is 23.7 Å².